The van der Waals surface area contributed by atoms with Crippen LogP contribution >= 0.6 is 22.6 Å². The second-order valence-corrected chi connectivity index (χ2v) is 9.61. The molecule has 0 radical (unpaired) electrons. The monoisotopic (exact) mass is 565 g/mol. The summed E-state index contributed by atoms with van der Waals surface area (Å²) in [5.74, 6) is -1.20. The Hall–Kier alpha value is -2.23. The van der Waals surface area contributed by atoms with E-state index in [2.05, 4.69) is 53.1 Å². The van der Waals surface area contributed by atoms with Gasteiger partial charge < -0.3 is 19.9 Å². The summed E-state index contributed by atoms with van der Waals surface area (Å²) in [6.45, 7) is 4.71. The normalized spacial score (nSPS) is 13.3. The van der Waals surface area contributed by atoms with E-state index in [4.69, 9.17) is 5.11 Å². The van der Waals surface area contributed by atoms with E-state index in [1.165, 1.54) is 12.1 Å². The first kappa shape index (κ1) is 25.4. The van der Waals surface area contributed by atoms with Crippen molar-refractivity contribution in [3.8, 4) is 22.4 Å². The molecular formula is C26H29FINO4. The van der Waals surface area contributed by atoms with Gasteiger partial charge in [0.1, 0.15) is 5.82 Å². The van der Waals surface area contributed by atoms with Gasteiger partial charge in [0.15, 0.2) is 0 Å². The molecule has 0 saturated heterocycles. The highest BCUT2D eigenvalue weighted by molar-refractivity contribution is 14.1. The third-order valence-electron chi connectivity index (χ3n) is 5.61. The first-order valence-corrected chi connectivity index (χ1v) is 12.1. The van der Waals surface area contributed by atoms with Gasteiger partial charge in [0.2, 0.25) is 0 Å². The van der Waals surface area contributed by atoms with Gasteiger partial charge in [-0.25, -0.2) is 4.39 Å². The van der Waals surface area contributed by atoms with E-state index in [-0.39, 0.29) is 18.2 Å². The van der Waals surface area contributed by atoms with Gasteiger partial charge in [0, 0.05) is 21.4 Å². The predicted molar refractivity (Wildman–Crippen MR) is 136 cm³/mol. The van der Waals surface area contributed by atoms with Gasteiger partial charge in [-0.1, -0.05) is 44.2 Å². The Kier molecular flexibility index (Phi) is 8.67. The number of aliphatic hydroxyl groups excluding tert-OH is 2. The molecule has 3 rings (SSSR count). The summed E-state index contributed by atoms with van der Waals surface area (Å²) in [5.41, 5.74) is 5.06. The topological polar surface area (TPSA) is 82.7 Å². The number of halogens is 2. The van der Waals surface area contributed by atoms with E-state index >= 15 is 0 Å². The van der Waals surface area contributed by atoms with Crippen LogP contribution in [0.15, 0.2) is 54.6 Å². The van der Waals surface area contributed by atoms with Crippen LogP contribution in [0.3, 0.4) is 0 Å². The van der Waals surface area contributed by atoms with E-state index in [0.717, 1.165) is 31.6 Å². The summed E-state index contributed by atoms with van der Waals surface area (Å²) < 4.78 is 17.0. The van der Waals surface area contributed by atoms with E-state index in [1.54, 1.807) is 12.1 Å². The van der Waals surface area contributed by atoms with Gasteiger partial charge in [0.05, 0.1) is 24.3 Å². The number of aliphatic carboxylic acids is 1. The van der Waals surface area contributed by atoms with Crippen molar-refractivity contribution in [3.05, 3.63) is 69.7 Å². The molecule has 176 valence electrons. The van der Waals surface area contributed by atoms with Crippen LogP contribution in [-0.2, 0) is 11.3 Å². The minimum atomic E-state index is -1.09. The minimum absolute atomic E-state index is 0.000896. The van der Waals surface area contributed by atoms with Crippen LogP contribution in [0.4, 0.5) is 4.39 Å². The average Bonchev–Trinajstić information content (AvgIpc) is 3.05. The van der Waals surface area contributed by atoms with Gasteiger partial charge in [-0.05, 0) is 76.7 Å². The summed E-state index contributed by atoms with van der Waals surface area (Å²) in [5, 5.41) is 29.3. The first-order valence-electron chi connectivity index (χ1n) is 11.0. The molecule has 5 nitrogen and oxygen atoms in total. The number of carboxylic acids is 1. The van der Waals surface area contributed by atoms with Gasteiger partial charge in [0.25, 0.3) is 0 Å². The van der Waals surface area contributed by atoms with E-state index in [0.29, 0.717) is 13.0 Å². The number of nitrogens with zero attached hydrogens (tertiary/aromatic N) is 1. The summed E-state index contributed by atoms with van der Waals surface area (Å²) in [6, 6.07) is 16.5. The minimum Gasteiger partial charge on any atom is -0.481 e. The highest BCUT2D eigenvalue weighted by Gasteiger charge is 2.26. The Morgan fingerprint density at radius 2 is 1.64 bits per heavy atom. The molecule has 0 aliphatic carbocycles. The Bertz CT molecular complexity index is 1080. The quantitative estimate of drug-likeness (QED) is 0.277. The van der Waals surface area contributed by atoms with Gasteiger partial charge in [-0.2, -0.15) is 0 Å². The molecule has 0 amide bonds. The first-order chi connectivity index (χ1) is 15.7. The molecule has 3 aromatic rings. The van der Waals surface area contributed by atoms with E-state index < -0.39 is 24.6 Å². The predicted octanol–water partition coefficient (Wildman–Crippen LogP) is 5.67. The van der Waals surface area contributed by atoms with Crippen LogP contribution in [0.5, 0.6) is 0 Å². The van der Waals surface area contributed by atoms with Crippen LogP contribution in [0.2, 0.25) is 0 Å². The lowest BCUT2D eigenvalue weighted by Gasteiger charge is -2.20. The third-order valence-corrected chi connectivity index (χ3v) is 6.70. The molecule has 0 unspecified atom stereocenters. The maximum absolute atomic E-state index is 13.7. The number of carbonyl (C=O) groups is 1. The smallest absolute Gasteiger partial charge is 0.305 e. The lowest BCUT2D eigenvalue weighted by atomic mass is 10.0. The Morgan fingerprint density at radius 1 is 1.00 bits per heavy atom. The maximum Gasteiger partial charge on any atom is 0.305 e. The number of carboxylic acid groups (broad SMARTS) is 1. The number of hydrogen-bond donors (Lipinski definition) is 3. The number of hydrogen-bond acceptors (Lipinski definition) is 3. The molecule has 33 heavy (non-hydrogen) atoms. The third kappa shape index (κ3) is 6.22. The van der Waals surface area contributed by atoms with Crippen LogP contribution in [0, 0.1) is 9.39 Å². The fraction of sp³-hybridized carbons (Fsp3) is 0.346. The van der Waals surface area contributed by atoms with Crippen LogP contribution in [-0.4, -0.2) is 38.1 Å². The van der Waals surface area contributed by atoms with Gasteiger partial charge in [-0.15, -0.1) is 0 Å². The molecule has 0 saturated carbocycles. The molecule has 0 bridgehead atoms. The summed E-state index contributed by atoms with van der Waals surface area (Å²) >= 11 is 2.37. The van der Waals surface area contributed by atoms with Crippen molar-refractivity contribution in [3.63, 3.8) is 0 Å². The Labute approximate surface area is 207 Å². The summed E-state index contributed by atoms with van der Waals surface area (Å²) in [7, 11) is 0. The molecule has 0 aliphatic heterocycles. The second-order valence-electron chi connectivity index (χ2n) is 8.53. The molecule has 0 fully saturated rings. The van der Waals surface area contributed by atoms with Crippen molar-refractivity contribution in [1.29, 1.82) is 0 Å². The van der Waals surface area contributed by atoms with Crippen molar-refractivity contribution in [2.75, 3.05) is 0 Å². The molecule has 0 aliphatic rings. The lowest BCUT2D eigenvalue weighted by Crippen LogP contribution is -2.22. The zero-order valence-corrected chi connectivity index (χ0v) is 20.9. The van der Waals surface area contributed by atoms with Crippen molar-refractivity contribution in [1.82, 2.24) is 4.57 Å². The zero-order chi connectivity index (χ0) is 24.1. The molecule has 1 heterocycles. The van der Waals surface area contributed by atoms with Crippen molar-refractivity contribution in [2.24, 2.45) is 0 Å². The zero-order valence-electron chi connectivity index (χ0n) is 18.7. The molecule has 2 aromatic carbocycles. The number of rotatable bonds is 10. The molecule has 1 aromatic heterocycles. The van der Waals surface area contributed by atoms with E-state index in [9.17, 15) is 19.4 Å². The Balaban J connectivity index is 2.06. The van der Waals surface area contributed by atoms with Crippen LogP contribution in [0.25, 0.3) is 22.4 Å². The largest absolute Gasteiger partial charge is 0.481 e. The SMILES string of the molecule is CC(C)c1c(I)c(-c2ccccc2)c(-c2ccc(F)cc2)n1CC[C@@H](O)C[C@@H](O)CC(=O)O. The molecule has 2 atom stereocenters. The van der Waals surface area contributed by atoms with Crippen molar-refractivity contribution < 1.29 is 24.5 Å². The highest BCUT2D eigenvalue weighted by atomic mass is 127. The maximum atomic E-state index is 13.7. The molecule has 0 spiro atoms. The fourth-order valence-corrected chi connectivity index (χ4v) is 5.66. The number of aliphatic hydroxyl groups is 2. The second kappa shape index (κ2) is 11.3. The van der Waals surface area contributed by atoms with Crippen LogP contribution in [0.1, 0.15) is 44.7 Å². The molecular weight excluding hydrogens is 536 g/mol. The van der Waals surface area contributed by atoms with Gasteiger partial charge >= 0.3 is 5.97 Å². The van der Waals surface area contributed by atoms with Crippen molar-refractivity contribution in [2.45, 2.75) is 57.8 Å². The average molecular weight is 565 g/mol. The summed E-state index contributed by atoms with van der Waals surface area (Å²) in [6.07, 6.45) is -1.99. The lowest BCUT2D eigenvalue weighted by molar-refractivity contribution is -0.139. The standard InChI is InChI=1S/C26H29FINO4/c1-16(2)25-24(28)23(17-6-4-3-5-7-17)26(18-8-10-19(27)11-9-18)29(25)13-12-20(30)14-21(31)15-22(32)33/h3-11,16,20-21,30-31H,12-15H2,1-2H3,(H,32,33)/t20-,21-/m1/s1. The molecule has 3 N–H and O–H groups in total. The fourth-order valence-electron chi connectivity index (χ4n) is 4.17. The number of benzene rings is 2. The van der Waals surface area contributed by atoms with Crippen molar-refractivity contribution >= 4 is 28.6 Å². The Morgan fingerprint density at radius 3 is 2.21 bits per heavy atom. The number of aromatic nitrogens is 1. The molecule has 7 heteroatoms. The summed E-state index contributed by atoms with van der Waals surface area (Å²) in [4.78, 5) is 10.8. The van der Waals surface area contributed by atoms with Gasteiger partial charge in [-0.3, -0.25) is 4.79 Å². The van der Waals surface area contributed by atoms with Crippen LogP contribution < -0.4 is 0 Å². The highest BCUT2D eigenvalue weighted by Crippen LogP contribution is 2.42. The van der Waals surface area contributed by atoms with E-state index in [1.807, 2.05) is 18.2 Å².